The molecule has 7 heteroatoms. The molecule has 0 N–H and O–H groups in total. The highest BCUT2D eigenvalue weighted by Crippen LogP contribution is 2.26. The van der Waals surface area contributed by atoms with Gasteiger partial charge in [0.15, 0.2) is 0 Å². The van der Waals surface area contributed by atoms with E-state index in [1.165, 1.54) is 0 Å². The van der Waals surface area contributed by atoms with Crippen LogP contribution in [-0.4, -0.2) is 32.9 Å². The number of ether oxygens (including phenoxy) is 1. The predicted molar refractivity (Wildman–Crippen MR) is 77.8 cm³/mol. The number of nitrogens with zero attached hydrogens (tertiary/aromatic N) is 4. The summed E-state index contributed by atoms with van der Waals surface area (Å²) in [4.78, 5) is 13.8. The number of fused-ring (bicyclic) bond motifs is 1. The van der Waals surface area contributed by atoms with Gasteiger partial charge in [0.2, 0.25) is 0 Å². The Kier molecular flexibility index (Phi) is 4.43. The third-order valence-electron chi connectivity index (χ3n) is 3.10. The van der Waals surface area contributed by atoms with Crippen molar-refractivity contribution in [2.24, 2.45) is 0 Å². The predicted octanol–water partition coefficient (Wildman–Crippen LogP) is 2.74. The summed E-state index contributed by atoms with van der Waals surface area (Å²) in [5.74, 6) is 0. The number of aromatic nitrogens is 2. The third kappa shape index (κ3) is 3.67. The Morgan fingerprint density at radius 2 is 2.19 bits per heavy atom. The fraction of sp³-hybridized carbons (Fsp3) is 0.643. The van der Waals surface area contributed by atoms with E-state index in [2.05, 4.69) is 5.10 Å². The molecule has 0 saturated heterocycles. The molecule has 0 aromatic carbocycles. The number of carbonyl (C=O) groups is 1. The zero-order valence-corrected chi connectivity index (χ0v) is 13.3. The Labute approximate surface area is 129 Å². The Morgan fingerprint density at radius 3 is 2.81 bits per heavy atom. The van der Waals surface area contributed by atoms with Crippen LogP contribution in [-0.2, 0) is 24.2 Å². The van der Waals surface area contributed by atoms with Gasteiger partial charge in [0.05, 0.1) is 35.4 Å². The minimum atomic E-state index is -0.528. The van der Waals surface area contributed by atoms with Gasteiger partial charge < -0.3 is 9.64 Å². The lowest BCUT2D eigenvalue weighted by atomic mass is 10.2. The average molecular weight is 311 g/mol. The van der Waals surface area contributed by atoms with Gasteiger partial charge in [-0.3, -0.25) is 4.68 Å². The fourth-order valence-electron chi connectivity index (χ4n) is 2.21. The topological polar surface area (TPSA) is 71.2 Å². The summed E-state index contributed by atoms with van der Waals surface area (Å²) >= 11 is 6.28. The van der Waals surface area contributed by atoms with Crippen molar-refractivity contribution in [3.8, 4) is 6.07 Å². The van der Waals surface area contributed by atoms with Crippen LogP contribution < -0.4 is 0 Å². The van der Waals surface area contributed by atoms with Crippen molar-refractivity contribution in [2.75, 3.05) is 6.54 Å². The maximum atomic E-state index is 12.2. The normalized spacial score (nSPS) is 15.1. The molecular weight excluding hydrogens is 292 g/mol. The number of rotatable bonds is 1. The van der Waals surface area contributed by atoms with E-state index in [4.69, 9.17) is 21.6 Å². The van der Waals surface area contributed by atoms with Crippen LogP contribution in [0.15, 0.2) is 0 Å². The molecule has 0 bridgehead atoms. The molecule has 0 atom stereocenters. The first kappa shape index (κ1) is 15.6. The monoisotopic (exact) mass is 310 g/mol. The molecule has 21 heavy (non-hydrogen) atoms. The van der Waals surface area contributed by atoms with Crippen molar-refractivity contribution in [2.45, 2.75) is 52.3 Å². The summed E-state index contributed by atoms with van der Waals surface area (Å²) in [6.07, 6.45) is 0.594. The van der Waals surface area contributed by atoms with Crippen LogP contribution in [0.1, 0.15) is 38.6 Å². The summed E-state index contributed by atoms with van der Waals surface area (Å²) in [7, 11) is 0. The van der Waals surface area contributed by atoms with E-state index in [9.17, 15) is 4.79 Å². The van der Waals surface area contributed by atoms with Crippen molar-refractivity contribution in [3.05, 3.63) is 16.4 Å². The van der Waals surface area contributed by atoms with E-state index in [1.807, 2.05) is 26.8 Å². The number of hydrogen-bond acceptors (Lipinski definition) is 4. The first-order valence-corrected chi connectivity index (χ1v) is 7.28. The zero-order valence-electron chi connectivity index (χ0n) is 12.5. The van der Waals surface area contributed by atoms with Crippen LogP contribution in [0.5, 0.6) is 0 Å². The molecule has 0 saturated carbocycles. The van der Waals surface area contributed by atoms with E-state index in [-0.39, 0.29) is 12.5 Å². The summed E-state index contributed by atoms with van der Waals surface area (Å²) < 4.78 is 7.19. The van der Waals surface area contributed by atoms with Crippen LogP contribution in [0.3, 0.4) is 0 Å². The lowest BCUT2D eigenvalue weighted by Crippen LogP contribution is -2.36. The number of halogens is 1. The van der Waals surface area contributed by atoms with Crippen LogP contribution >= 0.6 is 11.6 Å². The van der Waals surface area contributed by atoms with Gasteiger partial charge in [-0.05, 0) is 27.2 Å². The van der Waals surface area contributed by atoms with Crippen LogP contribution in [0.25, 0.3) is 0 Å². The summed E-state index contributed by atoms with van der Waals surface area (Å²) in [6.45, 7) is 7.15. The molecule has 0 unspecified atom stereocenters. The molecule has 2 heterocycles. The fourth-order valence-corrected chi connectivity index (χ4v) is 2.47. The number of aryl methyl sites for hydroxylation is 1. The van der Waals surface area contributed by atoms with Gasteiger partial charge in [0.25, 0.3) is 0 Å². The van der Waals surface area contributed by atoms with Gasteiger partial charge in [-0.25, -0.2) is 4.79 Å². The molecule has 2 rings (SSSR count). The largest absolute Gasteiger partial charge is 0.444 e. The minimum Gasteiger partial charge on any atom is -0.444 e. The van der Waals surface area contributed by atoms with Crippen molar-refractivity contribution in [3.63, 3.8) is 0 Å². The highest BCUT2D eigenvalue weighted by molar-refractivity contribution is 6.31. The summed E-state index contributed by atoms with van der Waals surface area (Å²) in [6, 6.07) is 2.05. The van der Waals surface area contributed by atoms with Crippen LogP contribution in [0.2, 0.25) is 5.02 Å². The van der Waals surface area contributed by atoms with Crippen LogP contribution in [0.4, 0.5) is 4.79 Å². The summed E-state index contributed by atoms with van der Waals surface area (Å²) in [5.41, 5.74) is 0.810. The molecule has 0 fully saturated rings. The van der Waals surface area contributed by atoms with E-state index in [1.54, 1.807) is 9.58 Å². The third-order valence-corrected chi connectivity index (χ3v) is 3.53. The lowest BCUT2D eigenvalue weighted by Gasteiger charge is -2.26. The van der Waals surface area contributed by atoms with Crippen molar-refractivity contribution >= 4 is 17.7 Å². The first-order chi connectivity index (χ1) is 9.81. The van der Waals surface area contributed by atoms with E-state index < -0.39 is 5.60 Å². The molecule has 6 nitrogen and oxygen atoms in total. The molecule has 1 aliphatic rings. The lowest BCUT2D eigenvalue weighted by molar-refractivity contribution is 0.0236. The SMILES string of the molecule is CC(C)(C)OC(=O)N1CCCn2nc(CC#N)c(Cl)c2C1. The van der Waals surface area contributed by atoms with Gasteiger partial charge in [-0.1, -0.05) is 11.6 Å². The number of hydrogen-bond donors (Lipinski definition) is 0. The molecule has 0 spiro atoms. The summed E-state index contributed by atoms with van der Waals surface area (Å²) in [5, 5.41) is 13.6. The average Bonchev–Trinajstić information content (AvgIpc) is 2.57. The standard InChI is InChI=1S/C14H19ClN4O2/c1-14(2,3)21-13(20)18-7-4-8-19-11(9-18)12(15)10(17-19)5-6-16/h4-5,7-9H2,1-3H3. The Balaban J connectivity index is 2.20. The molecule has 1 aromatic rings. The van der Waals surface area contributed by atoms with E-state index >= 15 is 0 Å². The number of amides is 1. The second-order valence-corrected chi connectivity index (χ2v) is 6.40. The van der Waals surface area contributed by atoms with Gasteiger partial charge >= 0.3 is 6.09 Å². The molecule has 0 aliphatic carbocycles. The Bertz CT molecular complexity index is 583. The van der Waals surface area contributed by atoms with Crippen molar-refractivity contribution < 1.29 is 9.53 Å². The van der Waals surface area contributed by atoms with Gasteiger partial charge in [0.1, 0.15) is 5.60 Å². The highest BCUT2D eigenvalue weighted by atomic mass is 35.5. The smallest absolute Gasteiger partial charge is 0.410 e. The number of carbonyl (C=O) groups excluding carboxylic acids is 1. The molecular formula is C14H19ClN4O2. The maximum absolute atomic E-state index is 12.2. The molecule has 1 aliphatic heterocycles. The van der Waals surface area contributed by atoms with Crippen molar-refractivity contribution in [1.29, 1.82) is 5.26 Å². The second-order valence-electron chi connectivity index (χ2n) is 6.02. The van der Waals surface area contributed by atoms with Gasteiger partial charge in [-0.15, -0.1) is 0 Å². The molecule has 0 radical (unpaired) electrons. The Hall–Kier alpha value is -1.74. The molecule has 114 valence electrons. The van der Waals surface area contributed by atoms with E-state index in [0.29, 0.717) is 30.4 Å². The quantitative estimate of drug-likeness (QED) is 0.799. The second kappa shape index (κ2) is 5.94. The Morgan fingerprint density at radius 1 is 1.48 bits per heavy atom. The maximum Gasteiger partial charge on any atom is 0.410 e. The van der Waals surface area contributed by atoms with E-state index in [0.717, 1.165) is 12.1 Å². The number of nitriles is 1. The highest BCUT2D eigenvalue weighted by Gasteiger charge is 2.27. The molecule has 1 aromatic heterocycles. The first-order valence-electron chi connectivity index (χ1n) is 6.91. The van der Waals surface area contributed by atoms with Crippen molar-refractivity contribution in [1.82, 2.24) is 14.7 Å². The van der Waals surface area contributed by atoms with Gasteiger partial charge in [-0.2, -0.15) is 10.4 Å². The van der Waals surface area contributed by atoms with Crippen LogP contribution in [0, 0.1) is 11.3 Å². The van der Waals surface area contributed by atoms with Gasteiger partial charge in [0, 0.05) is 13.1 Å². The zero-order chi connectivity index (χ0) is 15.6. The molecule has 1 amide bonds. The minimum absolute atomic E-state index is 0.172.